The quantitative estimate of drug-likeness (QED) is 0.553. The molecule has 1 saturated carbocycles. The average Bonchev–Trinajstić information content (AvgIpc) is 2.40. The van der Waals surface area contributed by atoms with Crippen LogP contribution in [0.2, 0.25) is 0 Å². The summed E-state index contributed by atoms with van der Waals surface area (Å²) in [6, 6.07) is 0.243. The topological polar surface area (TPSA) is 40.4 Å². The predicted octanol–water partition coefficient (Wildman–Crippen LogP) is 1.30. The zero-order valence-electron chi connectivity index (χ0n) is 6.17. The van der Waals surface area contributed by atoms with Gasteiger partial charge in [0.25, 0.3) is 0 Å². The van der Waals surface area contributed by atoms with Crippen molar-refractivity contribution in [1.82, 2.24) is 5.32 Å². The van der Waals surface area contributed by atoms with Crippen LogP contribution in [0.4, 0.5) is 4.79 Å². The van der Waals surface area contributed by atoms with Crippen molar-refractivity contribution in [3.8, 4) is 0 Å². The first-order valence-electron chi connectivity index (χ1n) is 3.61. The van der Waals surface area contributed by atoms with Crippen LogP contribution in [0.3, 0.4) is 0 Å². The van der Waals surface area contributed by atoms with E-state index in [0.717, 1.165) is 12.8 Å². The van der Waals surface area contributed by atoms with E-state index >= 15 is 0 Å². The molecule has 0 aromatic rings. The molecule has 57 valence electrons. The zero-order chi connectivity index (χ0) is 7.40. The van der Waals surface area contributed by atoms with E-state index in [9.17, 15) is 4.79 Å². The fraction of sp³-hybridized carbons (Fsp3) is 0.857. The third-order valence-electron chi connectivity index (χ3n) is 1.79. The number of rotatable bonds is 1. The molecule has 3 heteroatoms. The second-order valence-corrected chi connectivity index (χ2v) is 2.54. The van der Waals surface area contributed by atoms with Gasteiger partial charge in [-0.15, -0.1) is 0 Å². The highest BCUT2D eigenvalue weighted by molar-refractivity contribution is 5.66. The summed E-state index contributed by atoms with van der Waals surface area (Å²) in [5, 5.41) is 3.83. The van der Waals surface area contributed by atoms with Crippen LogP contribution in [-0.4, -0.2) is 19.2 Å². The predicted molar refractivity (Wildman–Crippen MR) is 36.8 cm³/mol. The van der Waals surface area contributed by atoms with Gasteiger partial charge in [0, 0.05) is 0 Å². The Kier molecular flexibility index (Phi) is 2.54. The average molecular weight is 142 g/mol. The highest BCUT2D eigenvalue weighted by atomic mass is 16.5. The summed E-state index contributed by atoms with van der Waals surface area (Å²) in [5.74, 6) is 0. The second kappa shape index (κ2) is 3.44. The van der Waals surface area contributed by atoms with Gasteiger partial charge >= 0.3 is 6.09 Å². The number of carbonyl (C=O) groups is 1. The van der Waals surface area contributed by atoms with Gasteiger partial charge in [0.05, 0.1) is 13.2 Å². The van der Waals surface area contributed by atoms with Gasteiger partial charge in [-0.25, -0.2) is 10.1 Å². The van der Waals surface area contributed by atoms with Gasteiger partial charge in [-0.05, 0) is 12.8 Å². The summed E-state index contributed by atoms with van der Waals surface area (Å²) in [6.45, 7) is 0. The summed E-state index contributed by atoms with van der Waals surface area (Å²) in [4.78, 5) is 10.6. The fourth-order valence-electron chi connectivity index (χ4n) is 1.24. The maximum atomic E-state index is 10.6. The molecule has 0 aromatic carbocycles. The Morgan fingerprint density at radius 1 is 1.50 bits per heavy atom. The highest BCUT2D eigenvalue weighted by Gasteiger charge is 2.18. The third-order valence-corrected chi connectivity index (χ3v) is 1.79. The molecule has 1 fully saturated rings. The molecule has 0 spiro atoms. The largest absolute Gasteiger partial charge is 0.452 e. The fourth-order valence-corrected chi connectivity index (χ4v) is 1.24. The molecule has 0 aromatic heterocycles. The lowest BCUT2D eigenvalue weighted by Crippen LogP contribution is -2.24. The minimum absolute atomic E-state index is 0.243. The monoisotopic (exact) mass is 142 g/mol. The standard InChI is InChI=1S/C7H12NO2/c1-10-7(9)8-6-4-2-3-5-6/h6H,2-5H2,1H3. The van der Waals surface area contributed by atoms with Crippen LogP contribution in [0, 0.1) is 0 Å². The Morgan fingerprint density at radius 3 is 2.60 bits per heavy atom. The number of amides is 1. The van der Waals surface area contributed by atoms with Crippen molar-refractivity contribution in [2.24, 2.45) is 0 Å². The van der Waals surface area contributed by atoms with E-state index in [1.54, 1.807) is 0 Å². The molecule has 1 rings (SSSR count). The van der Waals surface area contributed by atoms with Crippen molar-refractivity contribution < 1.29 is 9.53 Å². The van der Waals surface area contributed by atoms with Crippen LogP contribution in [0.15, 0.2) is 0 Å². The molecule has 0 aliphatic heterocycles. The maximum Gasteiger partial charge on any atom is 0.428 e. The number of hydrogen-bond acceptors (Lipinski definition) is 2. The molecule has 0 N–H and O–H groups in total. The second-order valence-electron chi connectivity index (χ2n) is 2.54. The van der Waals surface area contributed by atoms with E-state index < -0.39 is 6.09 Å². The molecule has 3 nitrogen and oxygen atoms in total. The van der Waals surface area contributed by atoms with Crippen LogP contribution < -0.4 is 5.32 Å². The lowest BCUT2D eigenvalue weighted by Gasteiger charge is -2.05. The van der Waals surface area contributed by atoms with Gasteiger partial charge in [-0.3, -0.25) is 0 Å². The number of nitrogens with zero attached hydrogens (tertiary/aromatic N) is 1. The van der Waals surface area contributed by atoms with Gasteiger partial charge < -0.3 is 4.74 Å². The normalized spacial score (nSPS) is 18.9. The van der Waals surface area contributed by atoms with Crippen LogP contribution >= 0.6 is 0 Å². The minimum atomic E-state index is -0.424. The van der Waals surface area contributed by atoms with Crippen LogP contribution in [-0.2, 0) is 4.74 Å². The molecule has 0 bridgehead atoms. The van der Waals surface area contributed by atoms with Gasteiger partial charge in [0.2, 0.25) is 0 Å². The van der Waals surface area contributed by atoms with E-state index in [0.29, 0.717) is 0 Å². The molecule has 0 heterocycles. The summed E-state index contributed by atoms with van der Waals surface area (Å²) in [5.41, 5.74) is 0. The summed E-state index contributed by atoms with van der Waals surface area (Å²) < 4.78 is 4.41. The Hall–Kier alpha value is -0.730. The molecule has 1 radical (unpaired) electrons. The van der Waals surface area contributed by atoms with Crippen molar-refractivity contribution in [3.63, 3.8) is 0 Å². The summed E-state index contributed by atoms with van der Waals surface area (Å²) in [6.07, 6.45) is 4.08. The minimum Gasteiger partial charge on any atom is -0.452 e. The maximum absolute atomic E-state index is 10.6. The molecule has 10 heavy (non-hydrogen) atoms. The third kappa shape index (κ3) is 1.90. The lowest BCUT2D eigenvalue weighted by molar-refractivity contribution is 0.165. The highest BCUT2D eigenvalue weighted by Crippen LogP contribution is 2.18. The molecule has 1 aliphatic rings. The van der Waals surface area contributed by atoms with Crippen molar-refractivity contribution in [1.29, 1.82) is 0 Å². The Morgan fingerprint density at radius 2 is 2.10 bits per heavy atom. The molecular weight excluding hydrogens is 130 g/mol. The number of methoxy groups -OCH3 is 1. The molecule has 1 aliphatic carbocycles. The van der Waals surface area contributed by atoms with Crippen molar-refractivity contribution in [2.75, 3.05) is 7.11 Å². The molecular formula is C7H12NO2. The van der Waals surface area contributed by atoms with E-state index in [4.69, 9.17) is 0 Å². The lowest BCUT2D eigenvalue weighted by atomic mass is 10.3. The van der Waals surface area contributed by atoms with Gasteiger partial charge in [0.15, 0.2) is 0 Å². The van der Waals surface area contributed by atoms with Gasteiger partial charge in [-0.2, -0.15) is 0 Å². The van der Waals surface area contributed by atoms with Gasteiger partial charge in [0.1, 0.15) is 0 Å². The SMILES string of the molecule is COC(=O)[N]C1CCCC1. The molecule has 1 amide bonds. The van der Waals surface area contributed by atoms with Crippen molar-refractivity contribution in [3.05, 3.63) is 0 Å². The first kappa shape index (κ1) is 7.38. The van der Waals surface area contributed by atoms with E-state index in [-0.39, 0.29) is 6.04 Å². The first-order valence-corrected chi connectivity index (χ1v) is 3.61. The van der Waals surface area contributed by atoms with Gasteiger partial charge in [-0.1, -0.05) is 12.8 Å². The van der Waals surface area contributed by atoms with Crippen molar-refractivity contribution in [2.45, 2.75) is 31.7 Å². The van der Waals surface area contributed by atoms with E-state index in [1.807, 2.05) is 0 Å². The van der Waals surface area contributed by atoms with Crippen LogP contribution in [0.1, 0.15) is 25.7 Å². The van der Waals surface area contributed by atoms with Crippen LogP contribution in [0.5, 0.6) is 0 Å². The Balaban J connectivity index is 2.17. The number of ether oxygens (including phenoxy) is 1. The van der Waals surface area contributed by atoms with Crippen molar-refractivity contribution >= 4 is 6.09 Å². The first-order chi connectivity index (χ1) is 4.83. The number of carbonyl (C=O) groups excluding carboxylic acids is 1. The molecule has 0 unspecified atom stereocenters. The molecule has 0 atom stereocenters. The number of hydrogen-bond donors (Lipinski definition) is 0. The van der Waals surface area contributed by atoms with Crippen LogP contribution in [0.25, 0.3) is 0 Å². The molecule has 0 saturated heterocycles. The smallest absolute Gasteiger partial charge is 0.428 e. The van der Waals surface area contributed by atoms with E-state index in [1.165, 1.54) is 20.0 Å². The zero-order valence-corrected chi connectivity index (χ0v) is 6.17. The Bertz CT molecular complexity index is 119. The van der Waals surface area contributed by atoms with E-state index in [2.05, 4.69) is 10.1 Å². The summed E-state index contributed by atoms with van der Waals surface area (Å²) >= 11 is 0. The Labute approximate surface area is 60.7 Å². The summed E-state index contributed by atoms with van der Waals surface area (Å²) in [7, 11) is 1.36.